The van der Waals surface area contributed by atoms with Gasteiger partial charge in [0.15, 0.2) is 0 Å². The van der Waals surface area contributed by atoms with Gasteiger partial charge in [-0.3, -0.25) is 4.79 Å². The van der Waals surface area contributed by atoms with Crippen molar-refractivity contribution < 1.29 is 9.53 Å². The summed E-state index contributed by atoms with van der Waals surface area (Å²) in [6.45, 7) is 5.90. The van der Waals surface area contributed by atoms with Gasteiger partial charge in [-0.05, 0) is 50.6 Å². The maximum Gasteiger partial charge on any atom is 0.255 e. The van der Waals surface area contributed by atoms with Crippen LogP contribution in [0.2, 0.25) is 0 Å². The smallest absolute Gasteiger partial charge is 0.255 e. The SMILES string of the molecule is COc1cc(NC(=O)c2cccc(-c3sc(C)nc3C)c2)ccc1-n1cnc(C)c1. The van der Waals surface area contributed by atoms with Gasteiger partial charge < -0.3 is 14.6 Å². The highest BCUT2D eigenvalue weighted by molar-refractivity contribution is 7.15. The van der Waals surface area contributed by atoms with Crippen molar-refractivity contribution in [3.8, 4) is 21.9 Å². The van der Waals surface area contributed by atoms with Crippen LogP contribution in [0.5, 0.6) is 5.75 Å². The quantitative estimate of drug-likeness (QED) is 0.485. The van der Waals surface area contributed by atoms with Gasteiger partial charge in [0.1, 0.15) is 5.75 Å². The number of carbonyl (C=O) groups excluding carboxylic acids is 1. The molecule has 0 spiro atoms. The molecule has 0 saturated carbocycles. The number of aromatic nitrogens is 3. The number of imidazole rings is 1. The van der Waals surface area contributed by atoms with E-state index in [1.54, 1.807) is 24.8 Å². The second-order valence-corrected chi connectivity index (χ2v) is 8.19. The van der Waals surface area contributed by atoms with Crippen LogP contribution in [0.15, 0.2) is 55.0 Å². The van der Waals surface area contributed by atoms with Crippen LogP contribution >= 0.6 is 11.3 Å². The molecule has 152 valence electrons. The molecule has 0 fully saturated rings. The standard InChI is InChI=1S/C23H22N4O2S/c1-14-12-27(13-24-14)20-9-8-19(11-21(20)29-4)26-23(28)18-7-5-6-17(10-18)22-15(2)25-16(3)30-22/h5-13H,1-4H3,(H,26,28). The fourth-order valence-electron chi connectivity index (χ4n) is 3.33. The second kappa shape index (κ2) is 8.12. The number of hydrogen-bond donors (Lipinski definition) is 1. The summed E-state index contributed by atoms with van der Waals surface area (Å²) in [5.41, 5.74) is 4.99. The van der Waals surface area contributed by atoms with Crippen molar-refractivity contribution in [3.05, 3.63) is 76.9 Å². The van der Waals surface area contributed by atoms with Crippen molar-refractivity contribution in [2.24, 2.45) is 0 Å². The summed E-state index contributed by atoms with van der Waals surface area (Å²) in [5.74, 6) is 0.471. The third-order valence-corrected chi connectivity index (χ3v) is 5.84. The first kappa shape index (κ1) is 19.8. The molecule has 6 nitrogen and oxygen atoms in total. The first-order valence-electron chi connectivity index (χ1n) is 9.49. The first-order chi connectivity index (χ1) is 14.4. The average Bonchev–Trinajstić information content (AvgIpc) is 3.32. The van der Waals surface area contributed by atoms with Crippen molar-refractivity contribution >= 4 is 22.9 Å². The van der Waals surface area contributed by atoms with Crippen molar-refractivity contribution in [2.45, 2.75) is 20.8 Å². The Bertz CT molecular complexity index is 1230. The number of rotatable bonds is 5. The predicted molar refractivity (Wildman–Crippen MR) is 120 cm³/mol. The predicted octanol–water partition coefficient (Wildman–Crippen LogP) is 5.18. The van der Waals surface area contributed by atoms with Crippen LogP contribution in [-0.4, -0.2) is 27.6 Å². The first-order valence-corrected chi connectivity index (χ1v) is 10.3. The number of nitrogens with zero attached hydrogens (tertiary/aromatic N) is 3. The highest BCUT2D eigenvalue weighted by Gasteiger charge is 2.13. The van der Waals surface area contributed by atoms with E-state index in [0.29, 0.717) is 17.0 Å². The van der Waals surface area contributed by atoms with Gasteiger partial charge in [0.2, 0.25) is 0 Å². The number of benzene rings is 2. The minimum Gasteiger partial charge on any atom is -0.494 e. The fraction of sp³-hybridized carbons (Fsp3) is 0.174. The van der Waals surface area contributed by atoms with Crippen LogP contribution in [0.3, 0.4) is 0 Å². The summed E-state index contributed by atoms with van der Waals surface area (Å²) in [6.07, 6.45) is 3.66. The molecule has 0 saturated heterocycles. The van der Waals surface area contributed by atoms with E-state index in [0.717, 1.165) is 32.5 Å². The number of carbonyl (C=O) groups is 1. The van der Waals surface area contributed by atoms with Crippen molar-refractivity contribution in [3.63, 3.8) is 0 Å². The van der Waals surface area contributed by atoms with E-state index in [-0.39, 0.29) is 5.91 Å². The maximum absolute atomic E-state index is 12.9. The molecule has 1 N–H and O–H groups in total. The number of nitrogens with one attached hydrogen (secondary N) is 1. The lowest BCUT2D eigenvalue weighted by Crippen LogP contribution is -2.12. The van der Waals surface area contributed by atoms with E-state index in [9.17, 15) is 4.79 Å². The number of amides is 1. The van der Waals surface area contributed by atoms with Crippen molar-refractivity contribution in [2.75, 3.05) is 12.4 Å². The summed E-state index contributed by atoms with van der Waals surface area (Å²) < 4.78 is 7.42. The molecular formula is C23H22N4O2S. The Labute approximate surface area is 179 Å². The molecular weight excluding hydrogens is 396 g/mol. The van der Waals surface area contributed by atoms with Gasteiger partial charge in [0.25, 0.3) is 5.91 Å². The number of thiazole rings is 1. The molecule has 0 aliphatic rings. The molecule has 0 aliphatic carbocycles. The summed E-state index contributed by atoms with van der Waals surface area (Å²) in [7, 11) is 1.61. The van der Waals surface area contributed by atoms with E-state index in [1.165, 1.54) is 0 Å². The Kier molecular flexibility index (Phi) is 5.37. The van der Waals surface area contributed by atoms with E-state index in [1.807, 2.05) is 74.0 Å². The molecule has 30 heavy (non-hydrogen) atoms. The number of anilines is 1. The van der Waals surface area contributed by atoms with Crippen LogP contribution in [0.25, 0.3) is 16.1 Å². The summed E-state index contributed by atoms with van der Waals surface area (Å²) >= 11 is 1.63. The lowest BCUT2D eigenvalue weighted by Gasteiger charge is -2.12. The van der Waals surface area contributed by atoms with Gasteiger partial charge in [-0.1, -0.05) is 12.1 Å². The van der Waals surface area contributed by atoms with Crippen LogP contribution in [-0.2, 0) is 0 Å². The lowest BCUT2D eigenvalue weighted by atomic mass is 10.1. The zero-order chi connectivity index (χ0) is 21.3. The van der Waals surface area contributed by atoms with Gasteiger partial charge in [-0.25, -0.2) is 9.97 Å². The van der Waals surface area contributed by atoms with Crippen LogP contribution < -0.4 is 10.1 Å². The van der Waals surface area contributed by atoms with E-state index >= 15 is 0 Å². The molecule has 2 aromatic heterocycles. The molecule has 0 atom stereocenters. The molecule has 0 bridgehead atoms. The van der Waals surface area contributed by atoms with Gasteiger partial charge >= 0.3 is 0 Å². The minimum absolute atomic E-state index is 0.177. The van der Waals surface area contributed by atoms with Crippen LogP contribution in [0.4, 0.5) is 5.69 Å². The Hall–Kier alpha value is -3.45. The minimum atomic E-state index is -0.177. The summed E-state index contributed by atoms with van der Waals surface area (Å²) in [6, 6.07) is 13.2. The van der Waals surface area contributed by atoms with Crippen molar-refractivity contribution in [1.29, 1.82) is 0 Å². The van der Waals surface area contributed by atoms with E-state index < -0.39 is 0 Å². The van der Waals surface area contributed by atoms with Crippen molar-refractivity contribution in [1.82, 2.24) is 14.5 Å². The van der Waals surface area contributed by atoms with Crippen LogP contribution in [0, 0.1) is 20.8 Å². The number of hydrogen-bond acceptors (Lipinski definition) is 5. The molecule has 4 rings (SSSR count). The highest BCUT2D eigenvalue weighted by Crippen LogP contribution is 2.31. The monoisotopic (exact) mass is 418 g/mol. The Morgan fingerprint density at radius 3 is 2.63 bits per heavy atom. The molecule has 0 unspecified atom stereocenters. The van der Waals surface area contributed by atoms with Gasteiger partial charge in [-0.15, -0.1) is 11.3 Å². The zero-order valence-corrected chi connectivity index (χ0v) is 18.1. The molecule has 4 aromatic rings. The average molecular weight is 419 g/mol. The zero-order valence-electron chi connectivity index (χ0n) is 17.3. The van der Waals surface area contributed by atoms with Crippen LogP contribution in [0.1, 0.15) is 26.8 Å². The lowest BCUT2D eigenvalue weighted by molar-refractivity contribution is 0.102. The Morgan fingerprint density at radius 2 is 1.97 bits per heavy atom. The van der Waals surface area contributed by atoms with Gasteiger partial charge in [0, 0.05) is 23.5 Å². The molecule has 1 amide bonds. The molecule has 2 heterocycles. The normalized spacial score (nSPS) is 10.8. The third kappa shape index (κ3) is 3.97. The molecule has 2 aromatic carbocycles. The highest BCUT2D eigenvalue weighted by atomic mass is 32.1. The van der Waals surface area contributed by atoms with Gasteiger partial charge in [-0.2, -0.15) is 0 Å². The number of methoxy groups -OCH3 is 1. The topological polar surface area (TPSA) is 69.0 Å². The third-order valence-electron chi connectivity index (χ3n) is 4.72. The number of aryl methyl sites for hydroxylation is 3. The molecule has 7 heteroatoms. The van der Waals surface area contributed by atoms with E-state index in [4.69, 9.17) is 4.74 Å². The largest absolute Gasteiger partial charge is 0.494 e. The molecule has 0 aliphatic heterocycles. The summed E-state index contributed by atoms with van der Waals surface area (Å²) in [5, 5.41) is 3.97. The summed E-state index contributed by atoms with van der Waals surface area (Å²) in [4.78, 5) is 22.7. The molecule has 0 radical (unpaired) electrons. The maximum atomic E-state index is 12.9. The second-order valence-electron chi connectivity index (χ2n) is 6.99. The number of ether oxygens (including phenoxy) is 1. The fourth-order valence-corrected chi connectivity index (χ4v) is 4.24. The Balaban J connectivity index is 1.58. The van der Waals surface area contributed by atoms with E-state index in [2.05, 4.69) is 15.3 Å². The van der Waals surface area contributed by atoms with Gasteiger partial charge in [0.05, 0.1) is 40.4 Å². The Morgan fingerprint density at radius 1 is 1.13 bits per heavy atom.